The lowest BCUT2D eigenvalue weighted by molar-refractivity contribution is 0.475. The maximum absolute atomic E-state index is 12.2. The van der Waals surface area contributed by atoms with E-state index in [1.165, 1.54) is 30.3 Å². The minimum absolute atomic E-state index is 0.0559. The summed E-state index contributed by atoms with van der Waals surface area (Å²) >= 11 is 15.0. The quantitative estimate of drug-likeness (QED) is 0.761. The van der Waals surface area contributed by atoms with E-state index in [2.05, 4.69) is 20.7 Å². The van der Waals surface area contributed by atoms with E-state index < -0.39 is 10.0 Å². The van der Waals surface area contributed by atoms with Crippen LogP contribution in [-0.4, -0.2) is 13.5 Å². The first-order valence-electron chi connectivity index (χ1n) is 5.26. The fraction of sp³-hybridized carbons (Fsp3) is 0. The second-order valence-electron chi connectivity index (χ2n) is 3.84. The van der Waals surface area contributed by atoms with Gasteiger partial charge in [0, 0.05) is 10.5 Å². The van der Waals surface area contributed by atoms with Gasteiger partial charge < -0.3 is 5.11 Å². The van der Waals surface area contributed by atoms with Crippen molar-refractivity contribution in [2.75, 3.05) is 4.72 Å². The molecule has 8 heteroatoms. The molecule has 0 aliphatic heterocycles. The third-order valence-electron chi connectivity index (χ3n) is 2.38. The molecule has 0 aromatic heterocycles. The van der Waals surface area contributed by atoms with Crippen LogP contribution in [0.4, 0.5) is 5.69 Å². The lowest BCUT2D eigenvalue weighted by atomic mass is 10.3. The van der Waals surface area contributed by atoms with Crippen LogP contribution in [0.1, 0.15) is 0 Å². The molecule has 0 bridgehead atoms. The van der Waals surface area contributed by atoms with E-state index in [1.54, 1.807) is 6.07 Å². The van der Waals surface area contributed by atoms with Crippen LogP contribution in [0.5, 0.6) is 5.75 Å². The maximum Gasteiger partial charge on any atom is 0.263 e. The molecule has 0 radical (unpaired) electrons. The van der Waals surface area contributed by atoms with Gasteiger partial charge in [0.25, 0.3) is 10.0 Å². The Bertz CT molecular complexity index is 765. The van der Waals surface area contributed by atoms with Gasteiger partial charge in [0.1, 0.15) is 10.6 Å². The molecule has 4 nitrogen and oxygen atoms in total. The van der Waals surface area contributed by atoms with Gasteiger partial charge in [-0.05, 0) is 30.3 Å². The van der Waals surface area contributed by atoms with Crippen LogP contribution in [0.15, 0.2) is 45.8 Å². The largest absolute Gasteiger partial charge is 0.508 e. The average molecular weight is 397 g/mol. The van der Waals surface area contributed by atoms with Crippen LogP contribution in [0.3, 0.4) is 0 Å². The number of anilines is 1. The normalized spacial score (nSPS) is 11.3. The van der Waals surface area contributed by atoms with E-state index in [-0.39, 0.29) is 26.4 Å². The number of phenols is 1. The second kappa shape index (κ2) is 5.81. The van der Waals surface area contributed by atoms with Gasteiger partial charge in [0.15, 0.2) is 0 Å². The predicted molar refractivity (Wildman–Crippen MR) is 83.1 cm³/mol. The van der Waals surface area contributed by atoms with Crippen LogP contribution in [0.25, 0.3) is 0 Å². The molecular weight excluding hydrogens is 389 g/mol. The Morgan fingerprint density at radius 3 is 2.35 bits per heavy atom. The number of halogens is 3. The molecule has 0 saturated carbocycles. The molecule has 0 heterocycles. The average Bonchev–Trinajstić information content (AvgIpc) is 2.32. The molecule has 0 amide bonds. The Hall–Kier alpha value is -0.950. The number of sulfonamides is 1. The van der Waals surface area contributed by atoms with Crippen molar-refractivity contribution in [1.29, 1.82) is 0 Å². The Balaban J connectivity index is 2.41. The van der Waals surface area contributed by atoms with Gasteiger partial charge in [-0.1, -0.05) is 39.1 Å². The van der Waals surface area contributed by atoms with Crippen molar-refractivity contribution < 1.29 is 13.5 Å². The lowest BCUT2D eigenvalue weighted by Gasteiger charge is -2.11. The van der Waals surface area contributed by atoms with Crippen LogP contribution >= 0.6 is 39.1 Å². The Morgan fingerprint density at radius 1 is 1.05 bits per heavy atom. The molecule has 2 aromatic rings. The predicted octanol–water partition coefficient (Wildman–Crippen LogP) is 4.26. The van der Waals surface area contributed by atoms with Crippen LogP contribution in [0, 0.1) is 0 Å². The van der Waals surface area contributed by atoms with Crippen molar-refractivity contribution in [3.63, 3.8) is 0 Å². The molecule has 2 rings (SSSR count). The zero-order chi connectivity index (χ0) is 14.9. The van der Waals surface area contributed by atoms with Gasteiger partial charge >= 0.3 is 0 Å². The standard InChI is InChI=1S/C12H8BrCl2NO3S/c13-7-1-4-12(10(15)5-7)20(18,19)16-11-3-2-8(17)6-9(11)14/h1-6,16-17H. The first-order valence-corrected chi connectivity index (χ1v) is 8.29. The molecule has 0 atom stereocenters. The number of phenolic OH excluding ortho intramolecular Hbond substituents is 1. The fourth-order valence-corrected chi connectivity index (χ4v) is 3.88. The van der Waals surface area contributed by atoms with Crippen molar-refractivity contribution in [3.05, 3.63) is 50.9 Å². The van der Waals surface area contributed by atoms with Gasteiger partial charge in [0.2, 0.25) is 0 Å². The molecule has 2 N–H and O–H groups in total. The smallest absolute Gasteiger partial charge is 0.263 e. The summed E-state index contributed by atoms with van der Waals surface area (Å²) in [5, 5.41) is 9.41. The van der Waals surface area contributed by atoms with Crippen LogP contribution in [-0.2, 0) is 10.0 Å². The van der Waals surface area contributed by atoms with Crippen molar-refractivity contribution in [1.82, 2.24) is 0 Å². The molecule has 2 aromatic carbocycles. The maximum atomic E-state index is 12.2. The van der Waals surface area contributed by atoms with Crippen molar-refractivity contribution >= 4 is 54.8 Å². The van der Waals surface area contributed by atoms with Crippen molar-refractivity contribution in [2.24, 2.45) is 0 Å². The molecule has 106 valence electrons. The molecule has 0 spiro atoms. The van der Waals surface area contributed by atoms with Gasteiger partial charge in [-0.15, -0.1) is 0 Å². The third-order valence-corrected chi connectivity index (χ3v) is 5.03. The third kappa shape index (κ3) is 3.38. The number of benzene rings is 2. The summed E-state index contributed by atoms with van der Waals surface area (Å²) in [6.45, 7) is 0. The first kappa shape index (κ1) is 15.4. The van der Waals surface area contributed by atoms with E-state index in [0.29, 0.717) is 4.47 Å². The number of hydrogen-bond acceptors (Lipinski definition) is 3. The Morgan fingerprint density at radius 2 is 1.75 bits per heavy atom. The van der Waals surface area contributed by atoms with Gasteiger partial charge in [-0.25, -0.2) is 8.42 Å². The van der Waals surface area contributed by atoms with Crippen molar-refractivity contribution in [2.45, 2.75) is 4.90 Å². The summed E-state index contributed by atoms with van der Waals surface area (Å²) in [6.07, 6.45) is 0. The minimum atomic E-state index is -3.86. The second-order valence-corrected chi connectivity index (χ2v) is 7.23. The highest BCUT2D eigenvalue weighted by atomic mass is 79.9. The first-order chi connectivity index (χ1) is 9.29. The van der Waals surface area contributed by atoms with Crippen LogP contribution < -0.4 is 4.72 Å². The molecule has 0 aliphatic carbocycles. The SMILES string of the molecule is O=S(=O)(Nc1ccc(O)cc1Cl)c1ccc(Br)cc1Cl. The Labute approximate surface area is 134 Å². The fourth-order valence-electron chi connectivity index (χ4n) is 1.48. The number of rotatable bonds is 3. The highest BCUT2D eigenvalue weighted by molar-refractivity contribution is 9.10. The van der Waals surface area contributed by atoms with E-state index in [1.807, 2.05) is 0 Å². The molecule has 0 saturated heterocycles. The summed E-state index contributed by atoms with van der Waals surface area (Å²) in [5.41, 5.74) is 0.156. The monoisotopic (exact) mass is 395 g/mol. The van der Waals surface area contributed by atoms with E-state index in [9.17, 15) is 13.5 Å². The van der Waals surface area contributed by atoms with Gasteiger partial charge in [0.05, 0.1) is 15.7 Å². The number of aromatic hydroxyl groups is 1. The molecular formula is C12H8BrCl2NO3S. The number of hydrogen-bond donors (Lipinski definition) is 2. The van der Waals surface area contributed by atoms with E-state index >= 15 is 0 Å². The highest BCUT2D eigenvalue weighted by Crippen LogP contribution is 2.30. The lowest BCUT2D eigenvalue weighted by Crippen LogP contribution is -2.13. The number of nitrogens with one attached hydrogen (secondary N) is 1. The van der Waals surface area contributed by atoms with Crippen LogP contribution in [0.2, 0.25) is 10.0 Å². The molecule has 0 aliphatic rings. The zero-order valence-electron chi connectivity index (χ0n) is 9.77. The summed E-state index contributed by atoms with van der Waals surface area (Å²) in [5.74, 6) is -0.0559. The van der Waals surface area contributed by atoms with E-state index in [0.717, 1.165) is 0 Å². The minimum Gasteiger partial charge on any atom is -0.508 e. The summed E-state index contributed by atoms with van der Waals surface area (Å²) in [7, 11) is -3.86. The summed E-state index contributed by atoms with van der Waals surface area (Å²) < 4.78 is 27.5. The molecule has 0 unspecified atom stereocenters. The summed E-state index contributed by atoms with van der Waals surface area (Å²) in [6, 6.07) is 8.36. The topological polar surface area (TPSA) is 66.4 Å². The van der Waals surface area contributed by atoms with Gasteiger partial charge in [-0.2, -0.15) is 0 Å². The highest BCUT2D eigenvalue weighted by Gasteiger charge is 2.19. The Kier molecular flexibility index (Phi) is 4.49. The molecule has 0 fully saturated rings. The van der Waals surface area contributed by atoms with Gasteiger partial charge in [-0.3, -0.25) is 4.72 Å². The van der Waals surface area contributed by atoms with Crippen molar-refractivity contribution in [3.8, 4) is 5.75 Å². The zero-order valence-corrected chi connectivity index (χ0v) is 13.7. The summed E-state index contributed by atoms with van der Waals surface area (Å²) in [4.78, 5) is -0.0634. The van der Waals surface area contributed by atoms with E-state index in [4.69, 9.17) is 23.2 Å². The molecule has 20 heavy (non-hydrogen) atoms.